The summed E-state index contributed by atoms with van der Waals surface area (Å²) in [6, 6.07) is 19.6. The van der Waals surface area contributed by atoms with E-state index in [9.17, 15) is 0 Å². The lowest BCUT2D eigenvalue weighted by Gasteiger charge is -2.33. The zero-order valence-electron chi connectivity index (χ0n) is 13.5. The minimum atomic E-state index is 1.14. The first-order valence-electron chi connectivity index (χ1n) is 8.48. The van der Waals surface area contributed by atoms with Crippen LogP contribution in [0, 0.1) is 0 Å². The van der Waals surface area contributed by atoms with E-state index in [0.29, 0.717) is 0 Å². The van der Waals surface area contributed by atoms with Crippen molar-refractivity contribution in [2.24, 2.45) is 0 Å². The predicted molar refractivity (Wildman–Crippen MR) is 95.6 cm³/mol. The van der Waals surface area contributed by atoms with E-state index in [1.54, 1.807) is 0 Å². The molecular weight excluding hydrogens is 266 g/mol. The summed E-state index contributed by atoms with van der Waals surface area (Å²) in [7, 11) is 0. The van der Waals surface area contributed by atoms with Crippen molar-refractivity contribution in [2.45, 2.75) is 32.6 Å². The highest BCUT2D eigenvalue weighted by Crippen LogP contribution is 2.30. The number of benzene rings is 2. The van der Waals surface area contributed by atoms with Crippen LogP contribution in [0.15, 0.2) is 54.6 Å². The van der Waals surface area contributed by atoms with E-state index in [1.165, 1.54) is 48.2 Å². The summed E-state index contributed by atoms with van der Waals surface area (Å²) in [5.74, 6) is 0. The molecule has 114 valence electrons. The lowest BCUT2D eigenvalue weighted by molar-refractivity contribution is 0.379. The Morgan fingerprint density at radius 2 is 1.73 bits per heavy atom. The van der Waals surface area contributed by atoms with Crippen LogP contribution in [0.2, 0.25) is 0 Å². The Morgan fingerprint density at radius 1 is 0.955 bits per heavy atom. The number of unbranched alkanes of at least 4 members (excludes halogenated alkanes) is 2. The van der Waals surface area contributed by atoms with Gasteiger partial charge in [-0.2, -0.15) is 0 Å². The lowest BCUT2D eigenvalue weighted by atomic mass is 9.95. The van der Waals surface area contributed by atoms with Crippen molar-refractivity contribution in [3.05, 3.63) is 71.3 Å². The summed E-state index contributed by atoms with van der Waals surface area (Å²) >= 11 is 0. The molecule has 22 heavy (non-hydrogen) atoms. The van der Waals surface area contributed by atoms with Crippen LogP contribution >= 0.6 is 0 Å². The van der Waals surface area contributed by atoms with E-state index >= 15 is 0 Å². The Labute approximate surface area is 134 Å². The Hall–Kier alpha value is -2.02. The Kier molecular flexibility index (Phi) is 4.95. The van der Waals surface area contributed by atoms with Gasteiger partial charge in [0.2, 0.25) is 0 Å². The van der Waals surface area contributed by atoms with Crippen molar-refractivity contribution in [3.8, 4) is 0 Å². The van der Waals surface area contributed by atoms with Crippen molar-refractivity contribution >= 4 is 11.8 Å². The number of fused-ring (bicyclic) bond motifs is 1. The zero-order chi connectivity index (χ0) is 15.2. The largest absolute Gasteiger partial charge is 0.371 e. The SMILES string of the molecule is CCCCCN1CCc2ccccc2C1=Cc1ccccc1. The molecule has 2 aromatic carbocycles. The second-order valence-corrected chi connectivity index (χ2v) is 6.04. The van der Waals surface area contributed by atoms with Crippen molar-refractivity contribution in [1.29, 1.82) is 0 Å². The lowest BCUT2D eigenvalue weighted by Crippen LogP contribution is -2.30. The fraction of sp³-hybridized carbons (Fsp3) is 0.333. The highest BCUT2D eigenvalue weighted by Gasteiger charge is 2.19. The third-order valence-corrected chi connectivity index (χ3v) is 4.42. The Balaban J connectivity index is 1.93. The fourth-order valence-corrected chi connectivity index (χ4v) is 3.20. The van der Waals surface area contributed by atoms with Gasteiger partial charge in [0.15, 0.2) is 0 Å². The van der Waals surface area contributed by atoms with Crippen molar-refractivity contribution < 1.29 is 0 Å². The average Bonchev–Trinajstić information content (AvgIpc) is 2.58. The van der Waals surface area contributed by atoms with Crippen molar-refractivity contribution in [1.82, 2.24) is 4.90 Å². The van der Waals surface area contributed by atoms with Crippen LogP contribution in [0.3, 0.4) is 0 Å². The van der Waals surface area contributed by atoms with Crippen LogP contribution < -0.4 is 0 Å². The first-order valence-corrected chi connectivity index (χ1v) is 8.48. The number of nitrogens with zero attached hydrogens (tertiary/aromatic N) is 1. The monoisotopic (exact) mass is 291 g/mol. The average molecular weight is 291 g/mol. The van der Waals surface area contributed by atoms with Crippen LogP contribution in [0.25, 0.3) is 11.8 Å². The van der Waals surface area contributed by atoms with Crippen molar-refractivity contribution in [3.63, 3.8) is 0 Å². The van der Waals surface area contributed by atoms with Crippen LogP contribution in [0.4, 0.5) is 0 Å². The molecule has 0 N–H and O–H groups in total. The maximum absolute atomic E-state index is 2.57. The van der Waals surface area contributed by atoms with Gasteiger partial charge >= 0.3 is 0 Å². The number of hydrogen-bond donors (Lipinski definition) is 0. The molecule has 0 fully saturated rings. The van der Waals surface area contributed by atoms with E-state index in [-0.39, 0.29) is 0 Å². The molecule has 1 aliphatic rings. The molecule has 1 aliphatic heterocycles. The Morgan fingerprint density at radius 3 is 2.55 bits per heavy atom. The molecule has 1 heterocycles. The van der Waals surface area contributed by atoms with Crippen molar-refractivity contribution in [2.75, 3.05) is 13.1 Å². The summed E-state index contributed by atoms with van der Waals surface area (Å²) in [5, 5.41) is 0. The quantitative estimate of drug-likeness (QED) is 0.681. The van der Waals surface area contributed by atoms with Gasteiger partial charge in [-0.05, 0) is 30.0 Å². The first kappa shape index (κ1) is 14.9. The van der Waals surface area contributed by atoms with Gasteiger partial charge in [-0.25, -0.2) is 0 Å². The number of hydrogen-bond acceptors (Lipinski definition) is 1. The third kappa shape index (κ3) is 3.41. The molecule has 3 rings (SSSR count). The second-order valence-electron chi connectivity index (χ2n) is 6.04. The van der Waals surface area contributed by atoms with Crippen LogP contribution in [0.5, 0.6) is 0 Å². The Bertz CT molecular complexity index is 627. The first-order chi connectivity index (χ1) is 10.9. The summed E-state index contributed by atoms with van der Waals surface area (Å²) in [4.78, 5) is 2.57. The summed E-state index contributed by atoms with van der Waals surface area (Å²) in [6.45, 7) is 4.58. The minimum Gasteiger partial charge on any atom is -0.371 e. The molecule has 0 bridgehead atoms. The maximum atomic E-state index is 2.57. The summed E-state index contributed by atoms with van der Waals surface area (Å²) in [5.41, 5.74) is 5.57. The topological polar surface area (TPSA) is 3.24 Å². The van der Waals surface area contributed by atoms with E-state index in [0.717, 1.165) is 13.0 Å². The molecule has 0 saturated heterocycles. The van der Waals surface area contributed by atoms with Gasteiger partial charge < -0.3 is 4.90 Å². The fourth-order valence-electron chi connectivity index (χ4n) is 3.20. The summed E-state index contributed by atoms with van der Waals surface area (Å²) < 4.78 is 0. The van der Waals surface area contributed by atoms with Gasteiger partial charge in [-0.3, -0.25) is 0 Å². The molecule has 0 atom stereocenters. The molecule has 0 amide bonds. The minimum absolute atomic E-state index is 1.14. The van der Waals surface area contributed by atoms with Gasteiger partial charge in [0.1, 0.15) is 0 Å². The number of rotatable bonds is 5. The van der Waals surface area contributed by atoms with E-state index < -0.39 is 0 Å². The molecule has 0 unspecified atom stereocenters. The molecular formula is C21H25N. The van der Waals surface area contributed by atoms with E-state index in [2.05, 4.69) is 72.5 Å². The standard InChI is InChI=1S/C21H25N/c1-2-3-9-15-22-16-14-19-12-7-8-13-20(19)21(22)17-18-10-5-4-6-11-18/h4-8,10-13,17H,2-3,9,14-16H2,1H3. The molecule has 0 saturated carbocycles. The van der Waals surface area contributed by atoms with Gasteiger partial charge in [0, 0.05) is 24.4 Å². The summed E-state index contributed by atoms with van der Waals surface area (Å²) in [6.07, 6.45) is 7.39. The van der Waals surface area contributed by atoms with Gasteiger partial charge in [-0.1, -0.05) is 74.4 Å². The maximum Gasteiger partial charge on any atom is 0.0448 e. The highest BCUT2D eigenvalue weighted by atomic mass is 15.1. The predicted octanol–water partition coefficient (Wildman–Crippen LogP) is 5.23. The van der Waals surface area contributed by atoms with Crippen LogP contribution in [-0.4, -0.2) is 18.0 Å². The smallest absolute Gasteiger partial charge is 0.0448 e. The van der Waals surface area contributed by atoms with Gasteiger partial charge in [-0.15, -0.1) is 0 Å². The van der Waals surface area contributed by atoms with Crippen LogP contribution in [-0.2, 0) is 6.42 Å². The highest BCUT2D eigenvalue weighted by molar-refractivity contribution is 5.82. The molecule has 0 aliphatic carbocycles. The van der Waals surface area contributed by atoms with Gasteiger partial charge in [0.25, 0.3) is 0 Å². The van der Waals surface area contributed by atoms with E-state index in [1.807, 2.05) is 0 Å². The normalized spacial score (nSPS) is 15.9. The molecule has 2 aromatic rings. The third-order valence-electron chi connectivity index (χ3n) is 4.42. The van der Waals surface area contributed by atoms with Crippen LogP contribution in [0.1, 0.15) is 42.9 Å². The second kappa shape index (κ2) is 7.31. The van der Waals surface area contributed by atoms with Gasteiger partial charge in [0.05, 0.1) is 0 Å². The molecule has 1 nitrogen and oxygen atoms in total. The zero-order valence-corrected chi connectivity index (χ0v) is 13.5. The van der Waals surface area contributed by atoms with E-state index in [4.69, 9.17) is 0 Å². The molecule has 1 heteroatoms. The molecule has 0 spiro atoms. The molecule has 0 radical (unpaired) electrons. The molecule has 0 aromatic heterocycles.